The number of likely N-dealkylation sites (tertiary alicyclic amines) is 1. The summed E-state index contributed by atoms with van der Waals surface area (Å²) in [6, 6.07) is 3.06. The molecule has 2 heterocycles. The SMILES string of the molecule is O=C(c1cc(Br)c2c(c1)OCO2)N1CCC(F)(C(=O)O)C1. The van der Waals surface area contributed by atoms with Crippen LogP contribution in [0.15, 0.2) is 16.6 Å². The summed E-state index contributed by atoms with van der Waals surface area (Å²) in [6.07, 6.45) is -0.209. The van der Waals surface area contributed by atoms with E-state index < -0.39 is 24.1 Å². The highest BCUT2D eigenvalue weighted by atomic mass is 79.9. The van der Waals surface area contributed by atoms with Crippen molar-refractivity contribution in [1.82, 2.24) is 4.90 Å². The fourth-order valence-corrected chi connectivity index (χ4v) is 2.95. The van der Waals surface area contributed by atoms with Crippen LogP contribution in [-0.2, 0) is 4.79 Å². The molecule has 0 spiro atoms. The van der Waals surface area contributed by atoms with Crippen molar-refractivity contribution in [3.05, 3.63) is 22.2 Å². The number of aliphatic carboxylic acids is 1. The van der Waals surface area contributed by atoms with Gasteiger partial charge in [-0.25, -0.2) is 9.18 Å². The number of carboxylic acids is 1. The van der Waals surface area contributed by atoms with Gasteiger partial charge in [0.15, 0.2) is 11.5 Å². The third-order valence-electron chi connectivity index (χ3n) is 3.56. The average Bonchev–Trinajstić information content (AvgIpc) is 3.05. The molecule has 0 aromatic heterocycles. The molecule has 0 saturated carbocycles. The van der Waals surface area contributed by atoms with Gasteiger partial charge in [0.2, 0.25) is 12.5 Å². The Hall–Kier alpha value is -1.83. The van der Waals surface area contributed by atoms with E-state index >= 15 is 0 Å². The van der Waals surface area contributed by atoms with Crippen LogP contribution in [0.2, 0.25) is 0 Å². The first kappa shape index (κ1) is 14.1. The zero-order valence-corrected chi connectivity index (χ0v) is 12.4. The predicted octanol–water partition coefficient (Wildman–Crippen LogP) is 1.82. The lowest BCUT2D eigenvalue weighted by Gasteiger charge is -2.18. The predicted molar refractivity (Wildman–Crippen MR) is 72.3 cm³/mol. The number of carbonyl (C=O) groups is 2. The third kappa shape index (κ3) is 2.33. The summed E-state index contributed by atoms with van der Waals surface area (Å²) in [5.41, 5.74) is -2.08. The van der Waals surface area contributed by atoms with Crippen LogP contribution in [0.1, 0.15) is 16.8 Å². The highest BCUT2D eigenvalue weighted by Crippen LogP contribution is 2.40. The maximum Gasteiger partial charge on any atom is 0.343 e. The molecular formula is C13H11BrFNO5. The first-order valence-corrected chi connectivity index (χ1v) is 7.01. The summed E-state index contributed by atoms with van der Waals surface area (Å²) in [4.78, 5) is 24.4. The minimum absolute atomic E-state index is 0.0632. The van der Waals surface area contributed by atoms with Crippen molar-refractivity contribution in [2.24, 2.45) is 0 Å². The van der Waals surface area contributed by atoms with Crippen LogP contribution in [0.3, 0.4) is 0 Å². The van der Waals surface area contributed by atoms with E-state index in [4.69, 9.17) is 14.6 Å². The number of rotatable bonds is 2. The summed E-state index contributed by atoms with van der Waals surface area (Å²) in [7, 11) is 0. The number of carbonyl (C=O) groups excluding carboxylic acids is 1. The Kier molecular flexibility index (Phi) is 3.27. The van der Waals surface area contributed by atoms with E-state index in [0.29, 0.717) is 21.5 Å². The van der Waals surface area contributed by atoms with Crippen LogP contribution >= 0.6 is 15.9 Å². The number of hydrogen-bond donors (Lipinski definition) is 1. The number of benzene rings is 1. The molecule has 112 valence electrons. The minimum atomic E-state index is -2.37. The van der Waals surface area contributed by atoms with Crippen molar-refractivity contribution >= 4 is 27.8 Å². The fraction of sp³-hybridized carbons (Fsp3) is 0.385. The number of alkyl halides is 1. The van der Waals surface area contributed by atoms with Crippen LogP contribution in [0.5, 0.6) is 11.5 Å². The van der Waals surface area contributed by atoms with E-state index in [9.17, 15) is 14.0 Å². The largest absolute Gasteiger partial charge is 0.479 e. The molecule has 1 saturated heterocycles. The van der Waals surface area contributed by atoms with Gasteiger partial charge in [0.25, 0.3) is 5.91 Å². The topological polar surface area (TPSA) is 76.1 Å². The molecule has 1 unspecified atom stereocenters. The Balaban J connectivity index is 1.84. The lowest BCUT2D eigenvalue weighted by atomic mass is 10.1. The summed E-state index contributed by atoms with van der Waals surface area (Å²) < 4.78 is 25.0. The first-order valence-electron chi connectivity index (χ1n) is 6.21. The molecule has 1 amide bonds. The molecule has 1 aromatic rings. The van der Waals surface area contributed by atoms with Crippen molar-refractivity contribution in [3.63, 3.8) is 0 Å². The molecular weight excluding hydrogens is 349 g/mol. The smallest absolute Gasteiger partial charge is 0.343 e. The number of halogens is 2. The number of nitrogens with zero attached hydrogens (tertiary/aromatic N) is 1. The Bertz CT molecular complexity index is 637. The molecule has 3 rings (SSSR count). The van der Waals surface area contributed by atoms with Crippen molar-refractivity contribution in [2.75, 3.05) is 19.9 Å². The van der Waals surface area contributed by atoms with E-state index in [1.807, 2.05) is 0 Å². The molecule has 8 heteroatoms. The molecule has 2 aliphatic rings. The maximum atomic E-state index is 14.0. The summed E-state index contributed by atoms with van der Waals surface area (Å²) in [5.74, 6) is -1.03. The molecule has 0 bridgehead atoms. The zero-order valence-electron chi connectivity index (χ0n) is 10.8. The van der Waals surface area contributed by atoms with E-state index in [1.54, 1.807) is 6.07 Å². The lowest BCUT2D eigenvalue weighted by Crippen LogP contribution is -2.38. The Morgan fingerprint density at radius 1 is 1.38 bits per heavy atom. The van der Waals surface area contributed by atoms with Crippen LogP contribution in [0.25, 0.3) is 0 Å². The van der Waals surface area contributed by atoms with Gasteiger partial charge in [-0.1, -0.05) is 0 Å². The standard InChI is InChI=1S/C13H11BrFNO5/c14-8-3-7(4-9-10(8)21-6-20-9)11(17)16-2-1-13(15,5-16)12(18)19/h3-4H,1-2,5-6H2,(H,18,19). The number of fused-ring (bicyclic) bond motifs is 1. The van der Waals surface area contributed by atoms with E-state index in [1.165, 1.54) is 11.0 Å². The third-order valence-corrected chi connectivity index (χ3v) is 4.15. The van der Waals surface area contributed by atoms with Crippen molar-refractivity contribution in [1.29, 1.82) is 0 Å². The van der Waals surface area contributed by atoms with E-state index in [2.05, 4.69) is 15.9 Å². The van der Waals surface area contributed by atoms with Crippen molar-refractivity contribution in [2.45, 2.75) is 12.1 Å². The fourth-order valence-electron chi connectivity index (χ4n) is 2.39. The van der Waals surface area contributed by atoms with Gasteiger partial charge in [-0.15, -0.1) is 0 Å². The van der Waals surface area contributed by atoms with Crippen LogP contribution < -0.4 is 9.47 Å². The molecule has 0 aliphatic carbocycles. The second kappa shape index (κ2) is 4.87. The van der Waals surface area contributed by atoms with Gasteiger partial charge >= 0.3 is 5.97 Å². The molecule has 1 atom stereocenters. The maximum absolute atomic E-state index is 14.0. The van der Waals surface area contributed by atoms with Crippen molar-refractivity contribution < 1.29 is 28.6 Å². The number of amides is 1. The van der Waals surface area contributed by atoms with Gasteiger partial charge in [-0.3, -0.25) is 4.79 Å². The number of hydrogen-bond acceptors (Lipinski definition) is 4. The monoisotopic (exact) mass is 359 g/mol. The van der Waals surface area contributed by atoms with Crippen molar-refractivity contribution in [3.8, 4) is 11.5 Å². The average molecular weight is 360 g/mol. The quantitative estimate of drug-likeness (QED) is 0.871. The van der Waals surface area contributed by atoms with Gasteiger partial charge in [-0.2, -0.15) is 0 Å². The number of carboxylic acid groups (broad SMARTS) is 1. The zero-order chi connectivity index (χ0) is 15.2. The number of ether oxygens (including phenoxy) is 2. The highest BCUT2D eigenvalue weighted by molar-refractivity contribution is 9.10. The van der Waals surface area contributed by atoms with Gasteiger partial charge in [-0.05, 0) is 28.1 Å². The lowest BCUT2D eigenvalue weighted by molar-refractivity contribution is -0.149. The summed E-state index contributed by atoms with van der Waals surface area (Å²) in [6.45, 7) is -0.317. The Morgan fingerprint density at radius 2 is 2.14 bits per heavy atom. The second-order valence-electron chi connectivity index (χ2n) is 4.94. The van der Waals surface area contributed by atoms with Crippen LogP contribution in [-0.4, -0.2) is 47.4 Å². The minimum Gasteiger partial charge on any atom is -0.479 e. The van der Waals surface area contributed by atoms with E-state index in [-0.39, 0.29) is 19.8 Å². The first-order chi connectivity index (χ1) is 9.90. The highest BCUT2D eigenvalue weighted by Gasteiger charge is 2.47. The van der Waals surface area contributed by atoms with E-state index in [0.717, 1.165) is 0 Å². The molecule has 6 nitrogen and oxygen atoms in total. The van der Waals surface area contributed by atoms with Crippen LogP contribution in [0, 0.1) is 0 Å². The van der Waals surface area contributed by atoms with Gasteiger partial charge in [0.1, 0.15) is 0 Å². The molecule has 1 aromatic carbocycles. The summed E-state index contributed by atoms with van der Waals surface area (Å²) >= 11 is 3.28. The summed E-state index contributed by atoms with van der Waals surface area (Å²) in [5, 5.41) is 8.86. The normalized spacial score (nSPS) is 23.4. The molecule has 1 fully saturated rings. The Labute approximate surface area is 127 Å². The van der Waals surface area contributed by atoms with Gasteiger partial charge in [0, 0.05) is 18.5 Å². The second-order valence-corrected chi connectivity index (χ2v) is 5.79. The van der Waals surface area contributed by atoms with Gasteiger partial charge < -0.3 is 19.5 Å². The molecule has 1 N–H and O–H groups in total. The van der Waals surface area contributed by atoms with Gasteiger partial charge in [0.05, 0.1) is 11.0 Å². The molecule has 0 radical (unpaired) electrons. The molecule has 21 heavy (non-hydrogen) atoms. The van der Waals surface area contributed by atoms with Crippen LogP contribution in [0.4, 0.5) is 4.39 Å². The molecule has 2 aliphatic heterocycles. The Morgan fingerprint density at radius 3 is 2.81 bits per heavy atom.